The maximum atomic E-state index is 12.0. The molecule has 0 aliphatic heterocycles. The highest BCUT2D eigenvalue weighted by molar-refractivity contribution is 5.77. The number of carbonyl (C=O) groups excluding carboxylic acids is 1. The molecule has 0 saturated carbocycles. The summed E-state index contributed by atoms with van der Waals surface area (Å²) in [6.45, 7) is 0.430. The van der Waals surface area contributed by atoms with Crippen LogP contribution in [-0.4, -0.2) is 34.0 Å². The lowest BCUT2D eigenvalue weighted by Gasteiger charge is -2.08. The molecule has 146 valence electrons. The number of rotatable bonds is 8. The lowest BCUT2D eigenvalue weighted by molar-refractivity contribution is -0.123. The van der Waals surface area contributed by atoms with Crippen molar-refractivity contribution in [1.29, 1.82) is 0 Å². The van der Waals surface area contributed by atoms with Crippen molar-refractivity contribution in [2.75, 3.05) is 13.2 Å². The van der Waals surface area contributed by atoms with Crippen LogP contribution in [0.2, 0.25) is 0 Å². The molecule has 0 saturated heterocycles. The maximum Gasteiger partial charge on any atom is 0.257 e. The molecule has 0 aliphatic rings. The quantitative estimate of drug-likeness (QED) is 0.482. The molecule has 29 heavy (non-hydrogen) atoms. The van der Waals surface area contributed by atoms with Gasteiger partial charge in [0.15, 0.2) is 6.61 Å². The third-order valence-corrected chi connectivity index (χ3v) is 4.18. The van der Waals surface area contributed by atoms with E-state index in [0.29, 0.717) is 30.3 Å². The van der Waals surface area contributed by atoms with Gasteiger partial charge in [-0.2, -0.15) is 0 Å². The van der Waals surface area contributed by atoms with E-state index in [0.717, 1.165) is 16.9 Å². The first-order valence-electron chi connectivity index (χ1n) is 9.28. The van der Waals surface area contributed by atoms with E-state index in [4.69, 9.17) is 9.47 Å². The number of aromatic nitrogens is 3. The van der Waals surface area contributed by atoms with Crippen LogP contribution in [0.25, 0.3) is 11.0 Å². The average Bonchev–Trinajstić information content (AvgIpc) is 3.17. The molecule has 7 nitrogen and oxygen atoms in total. The molecule has 0 fully saturated rings. The minimum atomic E-state index is -0.185. The standard InChI is InChI=1S/C22H20N4O3/c27-21(23-14-12-20-25-18-5-1-2-6-19(18)26-20)15-28-16-8-10-17(11-9-16)29-22-7-3-4-13-24-22/h1-11,13H,12,14-15H2,(H,23,27)(H,25,26). The number of H-pyrrole nitrogens is 1. The molecule has 2 aromatic carbocycles. The smallest absolute Gasteiger partial charge is 0.257 e. The highest BCUT2D eigenvalue weighted by atomic mass is 16.5. The topological polar surface area (TPSA) is 89.1 Å². The molecule has 0 spiro atoms. The second-order valence-corrected chi connectivity index (χ2v) is 6.33. The summed E-state index contributed by atoms with van der Waals surface area (Å²) in [6.07, 6.45) is 2.29. The summed E-state index contributed by atoms with van der Waals surface area (Å²) in [4.78, 5) is 23.8. The SMILES string of the molecule is O=C(COc1ccc(Oc2ccccn2)cc1)NCCc1nc2ccccc2[nH]1. The van der Waals surface area contributed by atoms with Crippen LogP contribution in [0.3, 0.4) is 0 Å². The Kier molecular flexibility index (Phi) is 5.66. The Balaban J connectivity index is 1.20. The predicted molar refractivity (Wildman–Crippen MR) is 109 cm³/mol. The Morgan fingerprint density at radius 3 is 2.55 bits per heavy atom. The molecule has 2 aromatic heterocycles. The molecular weight excluding hydrogens is 368 g/mol. The second-order valence-electron chi connectivity index (χ2n) is 6.33. The Labute approximate surface area is 167 Å². The molecule has 0 atom stereocenters. The molecular formula is C22H20N4O3. The first kappa shape index (κ1) is 18.5. The molecule has 2 N–H and O–H groups in total. The van der Waals surface area contributed by atoms with Gasteiger partial charge in [-0.15, -0.1) is 0 Å². The van der Waals surface area contributed by atoms with Gasteiger partial charge in [-0.1, -0.05) is 18.2 Å². The molecule has 0 aliphatic carbocycles. The fourth-order valence-corrected chi connectivity index (χ4v) is 2.78. The lowest BCUT2D eigenvalue weighted by atomic mass is 10.3. The summed E-state index contributed by atoms with van der Waals surface area (Å²) in [6, 6.07) is 20.3. The third-order valence-electron chi connectivity index (χ3n) is 4.18. The van der Waals surface area contributed by atoms with Crippen LogP contribution in [0, 0.1) is 0 Å². The number of para-hydroxylation sites is 2. The molecule has 0 bridgehead atoms. The first-order chi connectivity index (χ1) is 14.3. The zero-order valence-electron chi connectivity index (χ0n) is 15.7. The van der Waals surface area contributed by atoms with Crippen LogP contribution in [0.5, 0.6) is 17.4 Å². The van der Waals surface area contributed by atoms with Crippen molar-refractivity contribution in [1.82, 2.24) is 20.3 Å². The Morgan fingerprint density at radius 2 is 1.76 bits per heavy atom. The molecule has 2 heterocycles. The highest BCUT2D eigenvalue weighted by Gasteiger charge is 2.06. The van der Waals surface area contributed by atoms with Crippen LogP contribution in [0.15, 0.2) is 72.9 Å². The molecule has 4 rings (SSSR count). The van der Waals surface area contributed by atoms with Crippen molar-refractivity contribution in [2.45, 2.75) is 6.42 Å². The van der Waals surface area contributed by atoms with Gasteiger partial charge in [0.05, 0.1) is 11.0 Å². The van der Waals surface area contributed by atoms with Crippen LogP contribution < -0.4 is 14.8 Å². The summed E-state index contributed by atoms with van der Waals surface area (Å²) in [5.41, 5.74) is 1.92. The van der Waals surface area contributed by atoms with Crippen molar-refractivity contribution < 1.29 is 14.3 Å². The molecule has 0 radical (unpaired) electrons. The van der Waals surface area contributed by atoms with Crippen LogP contribution in [-0.2, 0) is 11.2 Å². The first-order valence-corrected chi connectivity index (χ1v) is 9.28. The number of fused-ring (bicyclic) bond motifs is 1. The number of amides is 1. The number of imidazole rings is 1. The summed E-state index contributed by atoms with van der Waals surface area (Å²) >= 11 is 0. The summed E-state index contributed by atoms with van der Waals surface area (Å²) in [5, 5.41) is 2.83. The van der Waals surface area contributed by atoms with Gasteiger partial charge in [-0.25, -0.2) is 9.97 Å². The van der Waals surface area contributed by atoms with Gasteiger partial charge in [0.1, 0.15) is 17.3 Å². The van der Waals surface area contributed by atoms with E-state index in [-0.39, 0.29) is 12.5 Å². The van der Waals surface area contributed by atoms with Crippen molar-refractivity contribution in [3.05, 3.63) is 78.8 Å². The number of nitrogens with zero attached hydrogens (tertiary/aromatic N) is 2. The van der Waals surface area contributed by atoms with Gasteiger partial charge in [0.25, 0.3) is 5.91 Å². The number of pyridine rings is 1. The summed E-state index contributed by atoms with van der Waals surface area (Å²) < 4.78 is 11.1. The Hall–Kier alpha value is -3.87. The van der Waals surface area contributed by atoms with E-state index in [9.17, 15) is 4.79 Å². The average molecular weight is 388 g/mol. The summed E-state index contributed by atoms with van der Waals surface area (Å²) in [5.74, 6) is 2.41. The number of aromatic amines is 1. The van der Waals surface area contributed by atoms with Gasteiger partial charge < -0.3 is 19.8 Å². The third kappa shape index (κ3) is 5.10. The fraction of sp³-hybridized carbons (Fsp3) is 0.136. The predicted octanol–water partition coefficient (Wildman–Crippen LogP) is 3.49. The van der Waals surface area contributed by atoms with Crippen LogP contribution >= 0.6 is 0 Å². The van der Waals surface area contributed by atoms with Crippen molar-refractivity contribution in [3.63, 3.8) is 0 Å². The highest BCUT2D eigenvalue weighted by Crippen LogP contribution is 2.22. The monoisotopic (exact) mass is 388 g/mol. The van der Waals surface area contributed by atoms with E-state index < -0.39 is 0 Å². The zero-order chi connectivity index (χ0) is 19.9. The number of hydrogen-bond acceptors (Lipinski definition) is 5. The van der Waals surface area contributed by atoms with Crippen LogP contribution in [0.1, 0.15) is 5.82 Å². The normalized spacial score (nSPS) is 10.6. The zero-order valence-corrected chi connectivity index (χ0v) is 15.7. The molecule has 4 aromatic rings. The van der Waals surface area contributed by atoms with Crippen LogP contribution in [0.4, 0.5) is 0 Å². The number of hydrogen-bond donors (Lipinski definition) is 2. The van der Waals surface area contributed by atoms with Gasteiger partial charge in [-0.3, -0.25) is 4.79 Å². The molecule has 7 heteroatoms. The van der Waals surface area contributed by atoms with Gasteiger partial charge in [0, 0.05) is 25.2 Å². The van der Waals surface area contributed by atoms with E-state index in [1.807, 2.05) is 36.4 Å². The molecule has 1 amide bonds. The van der Waals surface area contributed by atoms with E-state index in [1.54, 1.807) is 36.5 Å². The van der Waals surface area contributed by atoms with E-state index in [1.165, 1.54) is 0 Å². The number of carbonyl (C=O) groups is 1. The van der Waals surface area contributed by atoms with E-state index >= 15 is 0 Å². The minimum Gasteiger partial charge on any atom is -0.484 e. The second kappa shape index (κ2) is 8.88. The lowest BCUT2D eigenvalue weighted by Crippen LogP contribution is -2.30. The number of nitrogens with one attached hydrogen (secondary N) is 2. The van der Waals surface area contributed by atoms with Gasteiger partial charge in [0.2, 0.25) is 5.88 Å². The Bertz CT molecular complexity index is 1050. The minimum absolute atomic E-state index is 0.0550. The molecule has 0 unspecified atom stereocenters. The van der Waals surface area contributed by atoms with Crippen molar-refractivity contribution >= 4 is 16.9 Å². The summed E-state index contributed by atoms with van der Waals surface area (Å²) in [7, 11) is 0. The van der Waals surface area contributed by atoms with Crippen molar-refractivity contribution in [2.24, 2.45) is 0 Å². The van der Waals surface area contributed by atoms with Gasteiger partial charge >= 0.3 is 0 Å². The maximum absolute atomic E-state index is 12.0. The number of ether oxygens (including phenoxy) is 2. The van der Waals surface area contributed by atoms with E-state index in [2.05, 4.69) is 20.3 Å². The Morgan fingerprint density at radius 1 is 0.966 bits per heavy atom. The van der Waals surface area contributed by atoms with Gasteiger partial charge in [-0.05, 0) is 42.5 Å². The number of benzene rings is 2. The largest absolute Gasteiger partial charge is 0.484 e. The fourth-order valence-electron chi connectivity index (χ4n) is 2.78. The van der Waals surface area contributed by atoms with Crippen molar-refractivity contribution in [3.8, 4) is 17.4 Å².